The standard InChI is InChI=1S/C39H31N3Si/c1-39(2)32-16-15-24(42-34-11-5-7-13-36(34)43(3,4)37-14-8-6-12-35(37)42)20-29(32)30-21-27-26-10-9-18-41-38(26)31-23-40-19-17-25(31)28(27)22-33(30)39/h5-23H,1-4H3. The molecule has 0 spiro atoms. The molecule has 2 aliphatic rings. The predicted octanol–water partition coefficient (Wildman–Crippen LogP) is 8.85. The molecule has 0 saturated carbocycles. The molecule has 3 heterocycles. The molecule has 1 aliphatic carbocycles. The van der Waals surface area contributed by atoms with Crippen LogP contribution in [-0.4, -0.2) is 18.0 Å². The fraction of sp³-hybridized carbons (Fsp3) is 0.128. The van der Waals surface area contributed by atoms with E-state index in [2.05, 4.69) is 128 Å². The first-order valence-electron chi connectivity index (χ1n) is 15.1. The molecule has 0 saturated heterocycles. The third-order valence-electron chi connectivity index (χ3n) is 10.2. The zero-order valence-corrected chi connectivity index (χ0v) is 25.8. The monoisotopic (exact) mass is 569 g/mol. The minimum atomic E-state index is -1.84. The quantitative estimate of drug-likeness (QED) is 0.146. The highest BCUT2D eigenvalue weighted by Gasteiger charge is 2.40. The van der Waals surface area contributed by atoms with Crippen LogP contribution in [0.1, 0.15) is 25.0 Å². The Hall–Kier alpha value is -4.80. The van der Waals surface area contributed by atoms with E-state index in [1.165, 1.54) is 71.2 Å². The molecule has 5 aromatic carbocycles. The summed E-state index contributed by atoms with van der Waals surface area (Å²) in [6, 6.07) is 36.5. The van der Waals surface area contributed by atoms with Gasteiger partial charge in [0.25, 0.3) is 0 Å². The maximum absolute atomic E-state index is 4.81. The Labute approximate surface area is 252 Å². The number of aromatic nitrogens is 2. The number of benzene rings is 5. The molecule has 0 atom stereocenters. The van der Waals surface area contributed by atoms with Crippen LogP contribution >= 0.6 is 0 Å². The molecule has 0 amide bonds. The van der Waals surface area contributed by atoms with Crippen LogP contribution in [0.15, 0.2) is 116 Å². The van der Waals surface area contributed by atoms with E-state index < -0.39 is 8.07 Å². The van der Waals surface area contributed by atoms with Crippen LogP contribution < -0.4 is 15.3 Å². The Morgan fingerprint density at radius 3 is 2.07 bits per heavy atom. The van der Waals surface area contributed by atoms with Crippen molar-refractivity contribution in [2.24, 2.45) is 0 Å². The normalized spacial score (nSPS) is 15.8. The van der Waals surface area contributed by atoms with Gasteiger partial charge in [0.15, 0.2) is 0 Å². The number of para-hydroxylation sites is 2. The van der Waals surface area contributed by atoms with Gasteiger partial charge < -0.3 is 4.90 Å². The number of pyridine rings is 2. The molecule has 0 N–H and O–H groups in total. The van der Waals surface area contributed by atoms with Gasteiger partial charge in [0.05, 0.1) is 5.52 Å². The summed E-state index contributed by atoms with van der Waals surface area (Å²) < 4.78 is 0. The van der Waals surface area contributed by atoms with Gasteiger partial charge >= 0.3 is 0 Å². The number of hydrogen-bond acceptors (Lipinski definition) is 3. The van der Waals surface area contributed by atoms with E-state index in [0.717, 1.165) is 10.9 Å². The minimum Gasteiger partial charge on any atom is -0.311 e. The Morgan fingerprint density at radius 2 is 1.30 bits per heavy atom. The summed E-state index contributed by atoms with van der Waals surface area (Å²) in [5, 5.41) is 8.98. The lowest BCUT2D eigenvalue weighted by Gasteiger charge is -2.41. The third-order valence-corrected chi connectivity index (χ3v) is 13.7. The number of nitrogens with zero attached hydrogens (tertiary/aromatic N) is 3. The topological polar surface area (TPSA) is 29.0 Å². The average molecular weight is 570 g/mol. The Balaban J connectivity index is 1.33. The number of rotatable bonds is 1. The van der Waals surface area contributed by atoms with E-state index in [4.69, 9.17) is 4.98 Å². The molecule has 7 aromatic rings. The van der Waals surface area contributed by atoms with E-state index in [9.17, 15) is 0 Å². The highest BCUT2D eigenvalue weighted by Crippen LogP contribution is 2.53. The summed E-state index contributed by atoms with van der Waals surface area (Å²) in [5.74, 6) is 0. The SMILES string of the molecule is CC1(C)c2ccc(N3c4ccccc4[Si](C)(C)c4ccccc43)cc2-c2cc3c(cc21)c1ccncc1c1ncccc31. The summed E-state index contributed by atoms with van der Waals surface area (Å²) in [7, 11) is -1.84. The zero-order valence-electron chi connectivity index (χ0n) is 24.8. The van der Waals surface area contributed by atoms with Gasteiger partial charge in [-0.25, -0.2) is 0 Å². The van der Waals surface area contributed by atoms with Crippen LogP contribution in [0, 0.1) is 0 Å². The number of anilines is 3. The summed E-state index contributed by atoms with van der Waals surface area (Å²) in [6.45, 7) is 9.70. The average Bonchev–Trinajstić information content (AvgIpc) is 3.26. The fourth-order valence-electron chi connectivity index (χ4n) is 7.97. The molecule has 43 heavy (non-hydrogen) atoms. The first-order chi connectivity index (χ1) is 20.9. The first-order valence-corrected chi connectivity index (χ1v) is 18.1. The van der Waals surface area contributed by atoms with Crippen LogP contribution in [0.4, 0.5) is 17.1 Å². The molecule has 0 fully saturated rings. The van der Waals surface area contributed by atoms with Crippen LogP contribution in [0.5, 0.6) is 0 Å². The van der Waals surface area contributed by atoms with Gasteiger partial charge in [-0.15, -0.1) is 0 Å². The second kappa shape index (κ2) is 8.39. The molecule has 0 unspecified atom stereocenters. The van der Waals surface area contributed by atoms with E-state index in [1.54, 1.807) is 0 Å². The molecule has 2 aromatic heterocycles. The van der Waals surface area contributed by atoms with E-state index in [1.807, 2.05) is 24.7 Å². The lowest BCUT2D eigenvalue weighted by atomic mass is 9.81. The van der Waals surface area contributed by atoms with E-state index in [0.29, 0.717) is 0 Å². The van der Waals surface area contributed by atoms with Gasteiger partial charge in [-0.2, -0.15) is 0 Å². The van der Waals surface area contributed by atoms with Crippen LogP contribution in [0.2, 0.25) is 13.1 Å². The smallest absolute Gasteiger partial charge is 0.117 e. The zero-order chi connectivity index (χ0) is 29.1. The lowest BCUT2D eigenvalue weighted by Crippen LogP contribution is -2.58. The van der Waals surface area contributed by atoms with Crippen molar-refractivity contribution in [3.05, 3.63) is 127 Å². The van der Waals surface area contributed by atoms with Crippen LogP contribution in [0.25, 0.3) is 43.6 Å². The number of fused-ring (bicyclic) bond motifs is 11. The van der Waals surface area contributed by atoms with Gasteiger partial charge in [-0.05, 0) is 97.3 Å². The van der Waals surface area contributed by atoms with Crippen LogP contribution in [0.3, 0.4) is 0 Å². The molecule has 0 radical (unpaired) electrons. The van der Waals surface area contributed by atoms with E-state index in [-0.39, 0.29) is 5.41 Å². The Bertz CT molecular complexity index is 2270. The molecule has 206 valence electrons. The molecule has 1 aliphatic heterocycles. The van der Waals surface area contributed by atoms with E-state index >= 15 is 0 Å². The van der Waals surface area contributed by atoms with Gasteiger partial charge in [-0.1, -0.05) is 75.5 Å². The molecule has 9 rings (SSSR count). The maximum atomic E-state index is 4.81. The maximum Gasteiger partial charge on any atom is 0.117 e. The summed E-state index contributed by atoms with van der Waals surface area (Å²) >= 11 is 0. The van der Waals surface area contributed by atoms with Crippen molar-refractivity contribution in [3.8, 4) is 11.1 Å². The summed E-state index contributed by atoms with van der Waals surface area (Å²) in [5.41, 5.74) is 10.1. The minimum absolute atomic E-state index is 0.118. The van der Waals surface area contributed by atoms with Crippen LogP contribution in [-0.2, 0) is 5.41 Å². The first kappa shape index (κ1) is 24.8. The molecule has 4 heteroatoms. The van der Waals surface area contributed by atoms with Crippen molar-refractivity contribution in [1.82, 2.24) is 9.97 Å². The molecular weight excluding hydrogens is 539 g/mol. The summed E-state index contributed by atoms with van der Waals surface area (Å²) in [6.07, 6.45) is 5.74. The molecular formula is C39H31N3Si. The van der Waals surface area contributed by atoms with Crippen molar-refractivity contribution < 1.29 is 0 Å². The summed E-state index contributed by atoms with van der Waals surface area (Å²) in [4.78, 5) is 11.8. The van der Waals surface area contributed by atoms with Crippen molar-refractivity contribution in [2.45, 2.75) is 32.4 Å². The van der Waals surface area contributed by atoms with Gasteiger partial charge in [0, 0.05) is 51.8 Å². The molecule has 0 bridgehead atoms. The lowest BCUT2D eigenvalue weighted by molar-refractivity contribution is 0.661. The van der Waals surface area contributed by atoms with Gasteiger partial charge in [-0.3, -0.25) is 9.97 Å². The highest BCUT2D eigenvalue weighted by atomic mass is 28.3. The van der Waals surface area contributed by atoms with Crippen molar-refractivity contribution in [2.75, 3.05) is 4.90 Å². The van der Waals surface area contributed by atoms with Gasteiger partial charge in [0.2, 0.25) is 0 Å². The second-order valence-corrected chi connectivity index (χ2v) is 17.4. The third kappa shape index (κ3) is 3.19. The predicted molar refractivity (Wildman–Crippen MR) is 184 cm³/mol. The van der Waals surface area contributed by atoms with Crippen molar-refractivity contribution in [3.63, 3.8) is 0 Å². The van der Waals surface area contributed by atoms with Crippen molar-refractivity contribution >= 4 is 68.0 Å². The van der Waals surface area contributed by atoms with Crippen molar-refractivity contribution in [1.29, 1.82) is 0 Å². The van der Waals surface area contributed by atoms with Gasteiger partial charge in [0.1, 0.15) is 8.07 Å². The molecule has 3 nitrogen and oxygen atoms in total. The fourth-order valence-corrected chi connectivity index (χ4v) is 11.0. The Kier molecular flexibility index (Phi) is 4.83. The largest absolute Gasteiger partial charge is 0.311 e. The number of hydrogen-bond donors (Lipinski definition) is 0. The highest BCUT2D eigenvalue weighted by molar-refractivity contribution is 7.02. The Morgan fingerprint density at radius 1 is 0.605 bits per heavy atom. The second-order valence-electron chi connectivity index (χ2n) is 13.1.